The molecule has 0 unspecified atom stereocenters. The third-order valence-electron chi connectivity index (χ3n) is 5.70. The summed E-state index contributed by atoms with van der Waals surface area (Å²) >= 11 is 13.4. The maximum absolute atomic E-state index is 13.2. The monoisotopic (exact) mass is 465 g/mol. The molecule has 30 heavy (non-hydrogen) atoms. The van der Waals surface area contributed by atoms with Crippen LogP contribution in [0, 0.1) is 12.8 Å². The molecule has 1 aliphatic heterocycles. The number of fused-ring (bicyclic) bond motifs is 1. The molecule has 1 aliphatic carbocycles. The second-order valence-electron chi connectivity index (χ2n) is 7.83. The van der Waals surface area contributed by atoms with Crippen molar-refractivity contribution in [1.29, 1.82) is 0 Å². The average molecular weight is 466 g/mol. The van der Waals surface area contributed by atoms with E-state index < -0.39 is 23.8 Å². The first kappa shape index (κ1) is 21.3. The fraction of sp³-hybridized carbons (Fsp3) is 0.429. The zero-order chi connectivity index (χ0) is 21.4. The largest absolute Gasteiger partial charge is 0.300 e. The molecule has 0 spiro atoms. The molecule has 0 radical (unpaired) electrons. The molecule has 1 aromatic heterocycles. The minimum atomic E-state index is -0.915. The summed E-state index contributed by atoms with van der Waals surface area (Å²) in [4.78, 5) is 44.8. The van der Waals surface area contributed by atoms with Gasteiger partial charge in [-0.15, -0.1) is 11.3 Å². The lowest BCUT2D eigenvalue weighted by atomic mass is 9.84. The van der Waals surface area contributed by atoms with Crippen molar-refractivity contribution in [2.75, 3.05) is 5.32 Å². The molecular formula is C21H21Cl2N3O3S. The number of nitrogens with one attached hydrogen (secondary N) is 1. The van der Waals surface area contributed by atoms with Crippen molar-refractivity contribution in [2.45, 2.75) is 51.5 Å². The molecule has 1 saturated carbocycles. The van der Waals surface area contributed by atoms with Crippen LogP contribution in [0.4, 0.5) is 5.13 Å². The second-order valence-corrected chi connectivity index (χ2v) is 9.50. The van der Waals surface area contributed by atoms with E-state index in [2.05, 4.69) is 10.3 Å². The first-order valence-electron chi connectivity index (χ1n) is 9.95. The van der Waals surface area contributed by atoms with Gasteiger partial charge in [0.2, 0.25) is 5.91 Å². The molecule has 3 amide bonds. The van der Waals surface area contributed by atoms with Crippen LogP contribution in [0.5, 0.6) is 0 Å². The van der Waals surface area contributed by atoms with Crippen molar-refractivity contribution >= 4 is 57.4 Å². The van der Waals surface area contributed by atoms with Gasteiger partial charge in [0.1, 0.15) is 6.04 Å². The van der Waals surface area contributed by atoms with E-state index in [1.54, 1.807) is 0 Å². The van der Waals surface area contributed by atoms with Gasteiger partial charge < -0.3 is 5.32 Å². The number of halogens is 2. The van der Waals surface area contributed by atoms with Gasteiger partial charge >= 0.3 is 0 Å². The highest BCUT2D eigenvalue weighted by Gasteiger charge is 2.44. The van der Waals surface area contributed by atoms with Crippen molar-refractivity contribution in [1.82, 2.24) is 9.88 Å². The van der Waals surface area contributed by atoms with Gasteiger partial charge in [0.25, 0.3) is 11.8 Å². The summed E-state index contributed by atoms with van der Waals surface area (Å²) in [7, 11) is 0. The molecule has 1 atom stereocenters. The number of aryl methyl sites for hydroxylation is 1. The molecular weight excluding hydrogens is 445 g/mol. The molecule has 9 heteroatoms. The van der Waals surface area contributed by atoms with E-state index in [-0.39, 0.29) is 27.1 Å². The molecule has 2 aromatic rings. The Kier molecular flexibility index (Phi) is 6.14. The Balaban J connectivity index is 1.65. The van der Waals surface area contributed by atoms with Crippen LogP contribution < -0.4 is 5.32 Å². The first-order chi connectivity index (χ1) is 14.3. The third kappa shape index (κ3) is 4.11. The summed E-state index contributed by atoms with van der Waals surface area (Å²) in [6.45, 7) is 1.84. The Morgan fingerprint density at radius 3 is 2.30 bits per heavy atom. The van der Waals surface area contributed by atoms with Gasteiger partial charge in [-0.05, 0) is 31.4 Å². The lowest BCUT2D eigenvalue weighted by Gasteiger charge is -2.30. The lowest BCUT2D eigenvalue weighted by molar-refractivity contribution is -0.120. The Morgan fingerprint density at radius 1 is 1.17 bits per heavy atom. The smallest absolute Gasteiger partial charge is 0.262 e. The summed E-state index contributed by atoms with van der Waals surface area (Å²) in [6, 6.07) is 1.89. The number of hydrogen-bond acceptors (Lipinski definition) is 5. The van der Waals surface area contributed by atoms with Crippen LogP contribution in [-0.2, 0) is 4.79 Å². The summed E-state index contributed by atoms with van der Waals surface area (Å²) in [5, 5.41) is 5.47. The number of hydrogen-bond donors (Lipinski definition) is 1. The van der Waals surface area contributed by atoms with Gasteiger partial charge in [-0.3, -0.25) is 19.3 Å². The fourth-order valence-electron chi connectivity index (χ4n) is 4.20. The highest BCUT2D eigenvalue weighted by atomic mass is 35.5. The second kappa shape index (κ2) is 8.65. The molecule has 1 fully saturated rings. The van der Waals surface area contributed by atoms with Gasteiger partial charge in [0.05, 0.1) is 26.9 Å². The minimum Gasteiger partial charge on any atom is -0.300 e. The summed E-state index contributed by atoms with van der Waals surface area (Å²) in [5.74, 6) is -1.15. The molecule has 4 rings (SSSR count). The predicted octanol–water partition coefficient (Wildman–Crippen LogP) is 5.33. The van der Waals surface area contributed by atoms with Crippen LogP contribution in [0.3, 0.4) is 0 Å². The van der Waals surface area contributed by atoms with E-state index >= 15 is 0 Å². The Labute approximate surface area is 188 Å². The molecule has 1 N–H and O–H groups in total. The number of imide groups is 1. The maximum Gasteiger partial charge on any atom is 0.262 e. The summed E-state index contributed by atoms with van der Waals surface area (Å²) in [5.41, 5.74) is 1.16. The summed E-state index contributed by atoms with van der Waals surface area (Å²) in [6.07, 6.45) is 5.77. The van der Waals surface area contributed by atoms with E-state index in [0.29, 0.717) is 11.6 Å². The molecule has 1 aromatic carbocycles. The molecule has 6 nitrogen and oxygen atoms in total. The normalized spacial score (nSPS) is 17.9. The molecule has 2 aliphatic rings. The number of benzene rings is 1. The first-order valence-corrected chi connectivity index (χ1v) is 11.6. The molecule has 0 saturated heterocycles. The number of aromatic nitrogens is 1. The number of nitrogens with zero attached hydrogens (tertiary/aromatic N) is 2. The molecule has 0 bridgehead atoms. The number of amides is 3. The minimum absolute atomic E-state index is 0.181. The van der Waals surface area contributed by atoms with Crippen LogP contribution in [0.15, 0.2) is 17.5 Å². The highest BCUT2D eigenvalue weighted by molar-refractivity contribution is 7.13. The van der Waals surface area contributed by atoms with Crippen LogP contribution in [0.2, 0.25) is 10.0 Å². The summed E-state index contributed by atoms with van der Waals surface area (Å²) < 4.78 is 0. The van der Waals surface area contributed by atoms with Crippen LogP contribution in [0.1, 0.15) is 64.9 Å². The van der Waals surface area contributed by atoms with Crippen molar-refractivity contribution in [3.63, 3.8) is 0 Å². The molecule has 158 valence electrons. The number of thiazole rings is 1. The molecule has 2 heterocycles. The standard InChI is InChI=1S/C21H21Cl2N3O3S/c1-11-10-30-21(24-11)25-18(27)17(7-12-5-3-2-4-6-12)26-19(28)13-8-15(22)16(23)9-14(13)20(26)29/h8-10,12,17H,2-7H2,1H3,(H,24,25,27)/t17-/m0/s1. The number of carbonyl (C=O) groups excluding carboxylic acids is 3. The van der Waals surface area contributed by atoms with E-state index in [4.69, 9.17) is 23.2 Å². The van der Waals surface area contributed by atoms with Crippen LogP contribution in [-0.4, -0.2) is 33.6 Å². The highest BCUT2D eigenvalue weighted by Crippen LogP contribution is 2.35. The van der Waals surface area contributed by atoms with Crippen LogP contribution >= 0.6 is 34.5 Å². The average Bonchev–Trinajstić information content (AvgIpc) is 3.23. The van der Waals surface area contributed by atoms with Crippen molar-refractivity contribution in [3.05, 3.63) is 44.4 Å². The Bertz CT molecular complexity index is 976. The topological polar surface area (TPSA) is 79.4 Å². The Morgan fingerprint density at radius 2 is 1.77 bits per heavy atom. The zero-order valence-electron chi connectivity index (χ0n) is 16.4. The van der Waals surface area contributed by atoms with E-state index in [1.165, 1.54) is 29.9 Å². The SMILES string of the molecule is Cc1csc(NC(=O)[C@H](CC2CCCCC2)N2C(=O)c3cc(Cl)c(Cl)cc3C2=O)n1. The lowest BCUT2D eigenvalue weighted by Crippen LogP contribution is -2.48. The fourth-order valence-corrected chi connectivity index (χ4v) is 5.22. The van der Waals surface area contributed by atoms with Gasteiger partial charge in [0, 0.05) is 5.38 Å². The zero-order valence-corrected chi connectivity index (χ0v) is 18.7. The maximum atomic E-state index is 13.2. The van der Waals surface area contributed by atoms with Gasteiger partial charge in [0.15, 0.2) is 5.13 Å². The van der Waals surface area contributed by atoms with Gasteiger partial charge in [-0.2, -0.15) is 0 Å². The Hall–Kier alpha value is -1.96. The number of carbonyl (C=O) groups is 3. The van der Waals surface area contributed by atoms with E-state index in [0.717, 1.165) is 36.3 Å². The van der Waals surface area contributed by atoms with Crippen molar-refractivity contribution < 1.29 is 14.4 Å². The number of rotatable bonds is 5. The quantitative estimate of drug-likeness (QED) is 0.604. The van der Waals surface area contributed by atoms with Crippen molar-refractivity contribution in [2.24, 2.45) is 5.92 Å². The van der Waals surface area contributed by atoms with Crippen LogP contribution in [0.25, 0.3) is 0 Å². The van der Waals surface area contributed by atoms with Crippen molar-refractivity contribution in [3.8, 4) is 0 Å². The predicted molar refractivity (Wildman–Crippen MR) is 117 cm³/mol. The van der Waals surface area contributed by atoms with Gasteiger partial charge in [-0.1, -0.05) is 55.3 Å². The van der Waals surface area contributed by atoms with E-state index in [1.807, 2.05) is 12.3 Å². The van der Waals surface area contributed by atoms with E-state index in [9.17, 15) is 14.4 Å². The number of anilines is 1. The third-order valence-corrected chi connectivity index (χ3v) is 7.30. The van der Waals surface area contributed by atoms with Gasteiger partial charge in [-0.25, -0.2) is 4.98 Å².